The first kappa shape index (κ1) is 18.7. The van der Waals surface area contributed by atoms with Crippen molar-refractivity contribution in [3.05, 3.63) is 90.4 Å². The third-order valence-corrected chi connectivity index (χ3v) is 4.37. The molecule has 0 aliphatic rings. The molecule has 7 heteroatoms. The lowest BCUT2D eigenvalue weighted by atomic mass is 10.0. The van der Waals surface area contributed by atoms with Crippen LogP contribution in [0.1, 0.15) is 11.1 Å². The van der Waals surface area contributed by atoms with Crippen molar-refractivity contribution in [2.75, 3.05) is 5.32 Å². The van der Waals surface area contributed by atoms with Crippen LogP contribution in [0.4, 0.5) is 24.7 Å². The molecule has 146 valence electrons. The number of hydrogen-bond acceptors (Lipinski definition) is 4. The van der Waals surface area contributed by atoms with E-state index in [4.69, 9.17) is 0 Å². The van der Waals surface area contributed by atoms with E-state index in [1.54, 1.807) is 12.4 Å². The topological polar surface area (TPSA) is 47.0 Å². The van der Waals surface area contributed by atoms with E-state index in [9.17, 15) is 13.2 Å². The summed E-state index contributed by atoms with van der Waals surface area (Å²) in [6.07, 6.45) is 1.34. The van der Waals surface area contributed by atoms with Gasteiger partial charge in [-0.3, -0.25) is 4.98 Å². The summed E-state index contributed by atoms with van der Waals surface area (Å²) in [5.41, 5.74) is 2.82. The summed E-state index contributed by atoms with van der Waals surface area (Å²) in [5.74, 6) is 0.358. The molecule has 0 fully saturated rings. The maximum absolute atomic E-state index is 12.3. The highest BCUT2D eigenvalue weighted by molar-refractivity contribution is 5.95. The van der Waals surface area contributed by atoms with E-state index in [1.165, 1.54) is 24.3 Å². The first-order chi connectivity index (χ1) is 14.0. The van der Waals surface area contributed by atoms with Gasteiger partial charge in [-0.05, 0) is 59.3 Å². The van der Waals surface area contributed by atoms with Gasteiger partial charge in [0.1, 0.15) is 11.6 Å². The standard InChI is InChI=1S/C22H16F3N3O/c23-22(24,25)29-18-7-5-17(6-8-18)28-21-20-4-2-1-3-19(20)16(14-27-21)13-15-9-11-26-12-10-15/h1-12,14H,13H2,(H,27,28). The molecule has 1 N–H and O–H groups in total. The van der Waals surface area contributed by atoms with E-state index in [1.807, 2.05) is 42.6 Å². The van der Waals surface area contributed by atoms with Crippen LogP contribution in [0.25, 0.3) is 10.8 Å². The average Bonchev–Trinajstić information content (AvgIpc) is 2.71. The quantitative estimate of drug-likeness (QED) is 0.460. The fourth-order valence-corrected chi connectivity index (χ4v) is 3.09. The van der Waals surface area contributed by atoms with Gasteiger partial charge in [0.05, 0.1) is 0 Å². The van der Waals surface area contributed by atoms with Crippen molar-refractivity contribution in [1.82, 2.24) is 9.97 Å². The highest BCUT2D eigenvalue weighted by atomic mass is 19.4. The van der Waals surface area contributed by atoms with Crippen LogP contribution in [0.3, 0.4) is 0 Å². The number of alkyl halides is 3. The van der Waals surface area contributed by atoms with Crippen LogP contribution < -0.4 is 10.1 Å². The number of ether oxygens (including phenoxy) is 1. The number of halogens is 3. The molecule has 0 saturated carbocycles. The molecule has 4 nitrogen and oxygen atoms in total. The molecule has 0 unspecified atom stereocenters. The summed E-state index contributed by atoms with van der Waals surface area (Å²) in [7, 11) is 0. The fraction of sp³-hybridized carbons (Fsp3) is 0.0909. The first-order valence-corrected chi connectivity index (χ1v) is 8.86. The van der Waals surface area contributed by atoms with Crippen LogP contribution in [-0.2, 0) is 6.42 Å². The van der Waals surface area contributed by atoms with E-state index in [-0.39, 0.29) is 5.75 Å². The van der Waals surface area contributed by atoms with Crippen LogP contribution in [0.2, 0.25) is 0 Å². The van der Waals surface area contributed by atoms with Crippen molar-refractivity contribution in [3.63, 3.8) is 0 Å². The highest BCUT2D eigenvalue weighted by Gasteiger charge is 2.30. The van der Waals surface area contributed by atoms with Crippen molar-refractivity contribution < 1.29 is 17.9 Å². The molecule has 0 saturated heterocycles. The Morgan fingerprint density at radius 2 is 1.55 bits per heavy atom. The minimum Gasteiger partial charge on any atom is -0.406 e. The summed E-state index contributed by atoms with van der Waals surface area (Å²) >= 11 is 0. The minimum absolute atomic E-state index is 0.270. The summed E-state index contributed by atoms with van der Waals surface area (Å²) in [6, 6.07) is 17.4. The Kier molecular flexibility index (Phi) is 5.03. The fourth-order valence-electron chi connectivity index (χ4n) is 3.09. The maximum Gasteiger partial charge on any atom is 0.573 e. The second-order valence-electron chi connectivity index (χ2n) is 6.41. The molecule has 2 aromatic carbocycles. The zero-order valence-corrected chi connectivity index (χ0v) is 15.1. The molecule has 0 radical (unpaired) electrons. The third kappa shape index (κ3) is 4.63. The summed E-state index contributed by atoms with van der Waals surface area (Å²) in [6.45, 7) is 0. The molecule has 0 spiro atoms. The van der Waals surface area contributed by atoms with E-state index >= 15 is 0 Å². The predicted octanol–water partition coefficient (Wildman–Crippen LogP) is 5.86. The van der Waals surface area contributed by atoms with Gasteiger partial charge in [-0.1, -0.05) is 24.3 Å². The zero-order valence-electron chi connectivity index (χ0n) is 15.1. The van der Waals surface area contributed by atoms with Crippen molar-refractivity contribution in [2.45, 2.75) is 12.8 Å². The lowest BCUT2D eigenvalue weighted by Gasteiger charge is -2.13. The van der Waals surface area contributed by atoms with E-state index in [2.05, 4.69) is 20.0 Å². The normalized spacial score (nSPS) is 11.4. The van der Waals surface area contributed by atoms with Crippen LogP contribution in [-0.4, -0.2) is 16.3 Å². The SMILES string of the molecule is FC(F)(F)Oc1ccc(Nc2ncc(Cc3ccncc3)c3ccccc23)cc1. The molecule has 0 amide bonds. The van der Waals surface area contributed by atoms with Crippen molar-refractivity contribution in [2.24, 2.45) is 0 Å². The average molecular weight is 395 g/mol. The number of fused-ring (bicyclic) bond motifs is 1. The molecule has 0 atom stereocenters. The molecule has 0 aliphatic carbocycles. The number of nitrogens with zero attached hydrogens (tertiary/aromatic N) is 2. The Morgan fingerprint density at radius 3 is 2.24 bits per heavy atom. The van der Waals surface area contributed by atoms with Gasteiger partial charge >= 0.3 is 6.36 Å². The number of hydrogen-bond donors (Lipinski definition) is 1. The van der Waals surface area contributed by atoms with Gasteiger partial charge in [0.2, 0.25) is 0 Å². The van der Waals surface area contributed by atoms with Gasteiger partial charge in [0, 0.05) is 29.7 Å². The summed E-state index contributed by atoms with van der Waals surface area (Å²) in [4.78, 5) is 8.58. The largest absolute Gasteiger partial charge is 0.573 e. The van der Waals surface area contributed by atoms with E-state index in [0.717, 1.165) is 28.3 Å². The predicted molar refractivity (Wildman–Crippen MR) is 105 cm³/mol. The van der Waals surface area contributed by atoms with Crippen LogP contribution >= 0.6 is 0 Å². The van der Waals surface area contributed by atoms with Crippen molar-refractivity contribution in [1.29, 1.82) is 0 Å². The number of anilines is 2. The molecular weight excluding hydrogens is 379 g/mol. The summed E-state index contributed by atoms with van der Waals surface area (Å²) < 4.78 is 40.8. The van der Waals surface area contributed by atoms with Crippen LogP contribution in [0.5, 0.6) is 5.75 Å². The summed E-state index contributed by atoms with van der Waals surface area (Å²) in [5, 5.41) is 5.15. The molecule has 0 bridgehead atoms. The smallest absolute Gasteiger partial charge is 0.406 e. The van der Waals surface area contributed by atoms with E-state index in [0.29, 0.717) is 11.5 Å². The van der Waals surface area contributed by atoms with Gasteiger partial charge in [-0.2, -0.15) is 0 Å². The number of benzene rings is 2. The first-order valence-electron chi connectivity index (χ1n) is 8.86. The minimum atomic E-state index is -4.71. The maximum atomic E-state index is 12.3. The second-order valence-corrected chi connectivity index (χ2v) is 6.41. The van der Waals surface area contributed by atoms with Gasteiger partial charge in [0.25, 0.3) is 0 Å². The second kappa shape index (κ2) is 7.79. The number of rotatable bonds is 5. The Hall–Kier alpha value is -3.61. The lowest BCUT2D eigenvalue weighted by molar-refractivity contribution is -0.274. The van der Waals surface area contributed by atoms with Gasteiger partial charge in [-0.15, -0.1) is 13.2 Å². The molecule has 4 aromatic rings. The third-order valence-electron chi connectivity index (χ3n) is 4.37. The monoisotopic (exact) mass is 395 g/mol. The Morgan fingerprint density at radius 1 is 0.862 bits per heavy atom. The lowest BCUT2D eigenvalue weighted by Crippen LogP contribution is -2.16. The van der Waals surface area contributed by atoms with Crippen LogP contribution in [0, 0.1) is 0 Å². The molecule has 4 rings (SSSR count). The van der Waals surface area contributed by atoms with Gasteiger partial charge in [-0.25, -0.2) is 4.98 Å². The number of aromatic nitrogens is 2. The molecular formula is C22H16F3N3O. The van der Waals surface area contributed by atoms with Crippen molar-refractivity contribution >= 4 is 22.3 Å². The Labute approximate surface area is 165 Å². The van der Waals surface area contributed by atoms with E-state index < -0.39 is 6.36 Å². The molecule has 0 aliphatic heterocycles. The highest BCUT2D eigenvalue weighted by Crippen LogP contribution is 2.29. The zero-order chi connectivity index (χ0) is 20.3. The Bertz CT molecular complexity index is 1110. The van der Waals surface area contributed by atoms with Gasteiger partial charge < -0.3 is 10.1 Å². The van der Waals surface area contributed by atoms with Gasteiger partial charge in [0.15, 0.2) is 0 Å². The molecule has 2 heterocycles. The number of nitrogens with one attached hydrogen (secondary N) is 1. The molecule has 2 aromatic heterocycles. The number of pyridine rings is 2. The molecule has 29 heavy (non-hydrogen) atoms. The Balaban J connectivity index is 1.61. The van der Waals surface area contributed by atoms with Crippen molar-refractivity contribution in [3.8, 4) is 5.75 Å². The van der Waals surface area contributed by atoms with Crippen LogP contribution in [0.15, 0.2) is 79.3 Å².